The highest BCUT2D eigenvalue weighted by atomic mass is 19.4. The van der Waals surface area contributed by atoms with Crippen molar-refractivity contribution in [2.24, 2.45) is 5.16 Å². The summed E-state index contributed by atoms with van der Waals surface area (Å²) in [5.41, 5.74) is 0.672. The fraction of sp³-hybridized carbons (Fsp3) is 0.467. The summed E-state index contributed by atoms with van der Waals surface area (Å²) < 4.78 is 41.1. The molecule has 0 unspecified atom stereocenters. The standard InChI is InChI=1S/C15H17F3N4O5/c16-15(17,18)10-19-14(23)9-27-20-8-11-1-2-12(13(7-11)22(24)25)21-3-5-26-6-4-21/h1-2,7-8H,3-6,9-10H2,(H,19,23)/b20-8-. The first-order valence-corrected chi connectivity index (χ1v) is 7.86. The Hall–Kier alpha value is -2.89. The van der Waals surface area contributed by atoms with Crippen molar-refractivity contribution in [3.8, 4) is 0 Å². The molecule has 1 N–H and O–H groups in total. The third kappa shape index (κ3) is 6.73. The van der Waals surface area contributed by atoms with Gasteiger partial charge in [-0.15, -0.1) is 0 Å². The van der Waals surface area contributed by atoms with E-state index < -0.39 is 30.2 Å². The van der Waals surface area contributed by atoms with Crippen LogP contribution in [0.5, 0.6) is 0 Å². The van der Waals surface area contributed by atoms with Gasteiger partial charge >= 0.3 is 6.18 Å². The van der Waals surface area contributed by atoms with Crippen LogP contribution >= 0.6 is 0 Å². The number of alkyl halides is 3. The number of oxime groups is 1. The molecule has 0 atom stereocenters. The van der Waals surface area contributed by atoms with Crippen molar-refractivity contribution in [3.05, 3.63) is 33.9 Å². The van der Waals surface area contributed by atoms with Gasteiger partial charge in [0.25, 0.3) is 11.6 Å². The van der Waals surface area contributed by atoms with E-state index in [1.165, 1.54) is 6.07 Å². The molecule has 0 saturated carbocycles. The number of ether oxygens (including phenoxy) is 1. The molecular weight excluding hydrogens is 373 g/mol. The first-order chi connectivity index (χ1) is 12.8. The van der Waals surface area contributed by atoms with Crippen LogP contribution in [0.2, 0.25) is 0 Å². The molecule has 1 heterocycles. The second-order valence-corrected chi connectivity index (χ2v) is 5.50. The Morgan fingerprint density at radius 3 is 2.74 bits per heavy atom. The molecule has 1 aliphatic heterocycles. The monoisotopic (exact) mass is 390 g/mol. The quantitative estimate of drug-likeness (QED) is 0.429. The number of halogens is 3. The first kappa shape index (κ1) is 20.4. The number of rotatable bonds is 7. The van der Waals surface area contributed by atoms with Crippen LogP contribution in [-0.2, 0) is 14.4 Å². The fourth-order valence-corrected chi connectivity index (χ4v) is 2.28. The van der Waals surface area contributed by atoms with Crippen LogP contribution in [0.1, 0.15) is 5.56 Å². The number of anilines is 1. The largest absolute Gasteiger partial charge is 0.405 e. The van der Waals surface area contributed by atoms with Crippen LogP contribution in [0, 0.1) is 10.1 Å². The van der Waals surface area contributed by atoms with Crippen molar-refractivity contribution in [1.29, 1.82) is 0 Å². The molecule has 2 rings (SSSR count). The second kappa shape index (κ2) is 9.16. The molecule has 0 aliphatic carbocycles. The lowest BCUT2D eigenvalue weighted by molar-refractivity contribution is -0.384. The van der Waals surface area contributed by atoms with Crippen molar-refractivity contribution in [2.75, 3.05) is 44.4 Å². The van der Waals surface area contributed by atoms with Crippen molar-refractivity contribution >= 4 is 23.5 Å². The van der Waals surface area contributed by atoms with E-state index >= 15 is 0 Å². The van der Waals surface area contributed by atoms with Crippen LogP contribution in [0.4, 0.5) is 24.5 Å². The van der Waals surface area contributed by atoms with Crippen LogP contribution in [0.3, 0.4) is 0 Å². The van der Waals surface area contributed by atoms with E-state index in [0.717, 1.165) is 6.21 Å². The predicted molar refractivity (Wildman–Crippen MR) is 88.7 cm³/mol. The normalized spacial score (nSPS) is 15.0. The SMILES string of the molecule is O=C(CO/N=C\c1ccc(N2CCOCC2)c([N+](=O)[O-])c1)NCC(F)(F)F. The van der Waals surface area contributed by atoms with Gasteiger partial charge in [0.1, 0.15) is 12.2 Å². The number of hydrogen-bond acceptors (Lipinski definition) is 7. The molecule has 1 aromatic carbocycles. The van der Waals surface area contributed by atoms with Gasteiger partial charge in [-0.3, -0.25) is 14.9 Å². The van der Waals surface area contributed by atoms with E-state index in [2.05, 4.69) is 9.99 Å². The van der Waals surface area contributed by atoms with Crippen molar-refractivity contribution in [3.63, 3.8) is 0 Å². The highest BCUT2D eigenvalue weighted by Gasteiger charge is 2.27. The summed E-state index contributed by atoms with van der Waals surface area (Å²) in [5.74, 6) is -0.988. The summed E-state index contributed by atoms with van der Waals surface area (Å²) >= 11 is 0. The number of carbonyl (C=O) groups is 1. The maximum Gasteiger partial charge on any atom is 0.405 e. The maximum absolute atomic E-state index is 11.9. The average molecular weight is 390 g/mol. The van der Waals surface area contributed by atoms with Crippen molar-refractivity contribution in [2.45, 2.75) is 6.18 Å². The molecule has 1 fully saturated rings. The second-order valence-electron chi connectivity index (χ2n) is 5.50. The lowest BCUT2D eigenvalue weighted by Gasteiger charge is -2.28. The Morgan fingerprint density at radius 2 is 2.11 bits per heavy atom. The molecule has 1 saturated heterocycles. The van der Waals surface area contributed by atoms with Gasteiger partial charge in [0.05, 0.1) is 24.4 Å². The van der Waals surface area contributed by atoms with Gasteiger partial charge < -0.3 is 19.8 Å². The van der Waals surface area contributed by atoms with Crippen LogP contribution in [-0.4, -0.2) is 62.7 Å². The van der Waals surface area contributed by atoms with E-state index in [-0.39, 0.29) is 5.69 Å². The Bertz CT molecular complexity index is 705. The first-order valence-electron chi connectivity index (χ1n) is 7.86. The molecule has 9 nitrogen and oxygen atoms in total. The van der Waals surface area contributed by atoms with Gasteiger partial charge in [-0.05, 0) is 6.07 Å². The molecule has 0 bridgehead atoms. The summed E-state index contributed by atoms with van der Waals surface area (Å²) in [6, 6.07) is 4.44. The van der Waals surface area contributed by atoms with E-state index in [4.69, 9.17) is 4.74 Å². The maximum atomic E-state index is 11.9. The summed E-state index contributed by atoms with van der Waals surface area (Å²) in [6.07, 6.45) is -3.38. The number of nitro benzene ring substituents is 1. The molecule has 0 radical (unpaired) electrons. The Morgan fingerprint density at radius 1 is 1.41 bits per heavy atom. The van der Waals surface area contributed by atoms with Crippen LogP contribution in [0.15, 0.2) is 23.4 Å². The summed E-state index contributed by atoms with van der Waals surface area (Å²) in [4.78, 5) is 28.4. The number of nitro groups is 1. The summed E-state index contributed by atoms with van der Waals surface area (Å²) in [6.45, 7) is -0.154. The highest BCUT2D eigenvalue weighted by Crippen LogP contribution is 2.29. The third-order valence-corrected chi connectivity index (χ3v) is 3.51. The fourth-order valence-electron chi connectivity index (χ4n) is 2.28. The zero-order chi connectivity index (χ0) is 19.9. The topological polar surface area (TPSA) is 106 Å². The van der Waals surface area contributed by atoms with Gasteiger partial charge in [-0.2, -0.15) is 13.2 Å². The van der Waals surface area contributed by atoms with Crippen LogP contribution < -0.4 is 10.2 Å². The lowest BCUT2D eigenvalue weighted by atomic mass is 10.1. The molecule has 1 amide bonds. The Kier molecular flexibility index (Phi) is 6.93. The third-order valence-electron chi connectivity index (χ3n) is 3.51. The molecule has 148 valence electrons. The van der Waals surface area contributed by atoms with Gasteiger partial charge in [-0.25, -0.2) is 0 Å². The number of hydrogen-bond donors (Lipinski definition) is 1. The molecule has 12 heteroatoms. The minimum absolute atomic E-state index is 0.122. The van der Waals surface area contributed by atoms with Crippen molar-refractivity contribution in [1.82, 2.24) is 5.32 Å². The van der Waals surface area contributed by atoms with Gasteiger partial charge in [0.2, 0.25) is 0 Å². The number of nitrogens with zero attached hydrogens (tertiary/aromatic N) is 3. The summed E-state index contributed by atoms with van der Waals surface area (Å²) in [7, 11) is 0. The Balaban J connectivity index is 1.94. The zero-order valence-electron chi connectivity index (χ0n) is 14.1. The number of nitrogens with one attached hydrogen (secondary N) is 1. The van der Waals surface area contributed by atoms with Gasteiger partial charge in [0, 0.05) is 24.7 Å². The smallest absolute Gasteiger partial charge is 0.386 e. The molecule has 0 aromatic heterocycles. The highest BCUT2D eigenvalue weighted by molar-refractivity contribution is 5.83. The van der Waals surface area contributed by atoms with E-state index in [0.29, 0.717) is 37.6 Å². The van der Waals surface area contributed by atoms with E-state index in [1.54, 1.807) is 17.4 Å². The minimum atomic E-state index is -4.51. The van der Waals surface area contributed by atoms with Crippen molar-refractivity contribution < 1.29 is 32.5 Å². The molecule has 1 aromatic rings. The predicted octanol–water partition coefficient (Wildman–Crippen LogP) is 1.46. The molecular formula is C15H17F3N4O5. The summed E-state index contributed by atoms with van der Waals surface area (Å²) in [5, 5.41) is 16.4. The lowest BCUT2D eigenvalue weighted by Crippen LogP contribution is -2.36. The Labute approximate surface area is 151 Å². The van der Waals surface area contributed by atoms with Gasteiger partial charge in [0.15, 0.2) is 6.61 Å². The van der Waals surface area contributed by atoms with Gasteiger partial charge in [-0.1, -0.05) is 11.2 Å². The number of benzene rings is 1. The average Bonchev–Trinajstić information content (AvgIpc) is 2.63. The van der Waals surface area contributed by atoms with E-state index in [1.807, 2.05) is 4.90 Å². The number of morpholine rings is 1. The molecule has 27 heavy (non-hydrogen) atoms. The molecule has 0 spiro atoms. The number of carbonyl (C=O) groups excluding carboxylic acids is 1. The minimum Gasteiger partial charge on any atom is -0.386 e. The molecule has 1 aliphatic rings. The van der Waals surface area contributed by atoms with E-state index in [9.17, 15) is 28.1 Å². The number of amides is 1. The zero-order valence-corrected chi connectivity index (χ0v) is 14.1. The van der Waals surface area contributed by atoms with Crippen LogP contribution in [0.25, 0.3) is 0 Å².